The van der Waals surface area contributed by atoms with Gasteiger partial charge in [-0.2, -0.15) is 4.90 Å². The summed E-state index contributed by atoms with van der Waals surface area (Å²) in [6.07, 6.45) is -1.78. The molecule has 218 valence electrons. The number of ether oxygens (including phenoxy) is 5. The molecule has 1 aromatic rings. The Hall–Kier alpha value is -3.07. The zero-order valence-electron chi connectivity index (χ0n) is 24.7. The van der Waals surface area contributed by atoms with Gasteiger partial charge in [-0.05, 0) is 80.4 Å². The summed E-state index contributed by atoms with van der Waals surface area (Å²) in [4.78, 5) is 40.8. The number of benzene rings is 1. The molecule has 0 aliphatic carbocycles. The number of nitrogens with zero attached hydrogens (tertiary/aromatic N) is 1. The van der Waals surface area contributed by atoms with Crippen molar-refractivity contribution in [1.82, 2.24) is 4.90 Å². The summed E-state index contributed by atoms with van der Waals surface area (Å²) in [5.41, 5.74) is -0.930. The molecule has 1 aromatic carbocycles. The van der Waals surface area contributed by atoms with Crippen LogP contribution in [0, 0.1) is 0 Å². The number of carbonyl (C=O) groups excluding carboxylic acids is 3. The average Bonchev–Trinajstić information content (AvgIpc) is 2.79. The van der Waals surface area contributed by atoms with E-state index >= 15 is 0 Å². The Kier molecular flexibility index (Phi) is 11.4. The van der Waals surface area contributed by atoms with Gasteiger partial charge in [-0.25, -0.2) is 14.4 Å². The second-order valence-corrected chi connectivity index (χ2v) is 12.0. The predicted octanol–water partition coefficient (Wildman–Crippen LogP) is 6.44. The maximum absolute atomic E-state index is 13.6. The molecule has 2 rings (SSSR count). The molecule has 0 unspecified atom stereocenters. The van der Waals surface area contributed by atoms with Gasteiger partial charge >= 0.3 is 18.2 Å². The number of carbonyl (C=O) groups is 3. The molecule has 0 aromatic heterocycles. The molecule has 9 heteroatoms. The Morgan fingerprint density at radius 3 is 2.03 bits per heavy atom. The Labute approximate surface area is 232 Å². The van der Waals surface area contributed by atoms with Crippen LogP contribution in [0.3, 0.4) is 0 Å². The highest BCUT2D eigenvalue weighted by Crippen LogP contribution is 2.27. The van der Waals surface area contributed by atoms with E-state index in [2.05, 4.69) is 6.58 Å². The normalized spacial score (nSPS) is 22.7. The zero-order valence-corrected chi connectivity index (χ0v) is 24.7. The van der Waals surface area contributed by atoms with Crippen molar-refractivity contribution in [2.24, 2.45) is 0 Å². The minimum Gasteiger partial charge on any atom is -0.484 e. The van der Waals surface area contributed by atoms with Crippen LogP contribution in [-0.4, -0.2) is 65.2 Å². The largest absolute Gasteiger partial charge is 0.484 e. The van der Waals surface area contributed by atoms with Crippen LogP contribution in [0.15, 0.2) is 42.5 Å². The van der Waals surface area contributed by atoms with E-state index in [-0.39, 0.29) is 12.5 Å². The van der Waals surface area contributed by atoms with Crippen LogP contribution >= 0.6 is 0 Å². The van der Waals surface area contributed by atoms with E-state index in [0.29, 0.717) is 31.6 Å². The smallest absolute Gasteiger partial charge is 0.420 e. The lowest BCUT2D eigenvalue weighted by Crippen LogP contribution is -2.54. The third-order valence-corrected chi connectivity index (χ3v) is 5.67. The maximum Gasteiger partial charge on any atom is 0.420 e. The molecule has 0 bridgehead atoms. The van der Waals surface area contributed by atoms with Crippen molar-refractivity contribution in [1.29, 1.82) is 0 Å². The number of hydrogen-bond donors (Lipinski definition) is 0. The number of esters is 1. The second kappa shape index (κ2) is 13.8. The highest BCUT2D eigenvalue weighted by molar-refractivity contribution is 5.94. The summed E-state index contributed by atoms with van der Waals surface area (Å²) in [5.74, 6) is -0.145. The zero-order chi connectivity index (χ0) is 29.4. The first-order chi connectivity index (χ1) is 18.1. The number of hydrogen-bond acceptors (Lipinski definition) is 8. The van der Waals surface area contributed by atoms with Crippen LogP contribution in [-0.2, 0) is 23.7 Å². The van der Waals surface area contributed by atoms with Crippen molar-refractivity contribution < 1.29 is 38.1 Å². The number of cyclic esters (lactones) is 1. The van der Waals surface area contributed by atoms with Gasteiger partial charge in [0.05, 0.1) is 12.7 Å². The molecule has 0 radical (unpaired) electrons. The highest BCUT2D eigenvalue weighted by Gasteiger charge is 2.43. The summed E-state index contributed by atoms with van der Waals surface area (Å²) in [6.45, 7) is 18.0. The van der Waals surface area contributed by atoms with Crippen molar-refractivity contribution in [3.63, 3.8) is 0 Å². The Bertz CT molecular complexity index is 951. The van der Waals surface area contributed by atoms with Crippen molar-refractivity contribution in [3.8, 4) is 5.75 Å². The lowest BCUT2D eigenvalue weighted by atomic mass is 9.98. The summed E-state index contributed by atoms with van der Waals surface area (Å²) >= 11 is 0. The molecule has 0 saturated carbocycles. The Balaban J connectivity index is 2.40. The quantitative estimate of drug-likeness (QED) is 0.228. The molecular weight excluding hydrogens is 502 g/mol. The van der Waals surface area contributed by atoms with Crippen LogP contribution in [0.2, 0.25) is 0 Å². The van der Waals surface area contributed by atoms with Crippen LogP contribution in [0.25, 0.3) is 0 Å². The molecule has 1 saturated heterocycles. The summed E-state index contributed by atoms with van der Waals surface area (Å²) in [6, 6.07) is 7.99. The fraction of sp³-hybridized carbons (Fsp3) is 0.633. The highest BCUT2D eigenvalue weighted by atomic mass is 16.6. The second-order valence-electron chi connectivity index (χ2n) is 12.0. The van der Waals surface area contributed by atoms with E-state index in [1.165, 1.54) is 0 Å². The maximum atomic E-state index is 13.6. The van der Waals surface area contributed by atoms with Crippen LogP contribution in [0.4, 0.5) is 9.59 Å². The number of imide groups is 1. The van der Waals surface area contributed by atoms with Gasteiger partial charge in [0, 0.05) is 0 Å². The van der Waals surface area contributed by atoms with Crippen molar-refractivity contribution in [2.75, 3.05) is 6.61 Å². The van der Waals surface area contributed by atoms with E-state index in [0.717, 1.165) is 10.5 Å². The fourth-order valence-electron chi connectivity index (χ4n) is 4.04. The Morgan fingerprint density at radius 2 is 1.51 bits per heavy atom. The van der Waals surface area contributed by atoms with Crippen molar-refractivity contribution in [3.05, 3.63) is 42.5 Å². The topological polar surface area (TPSA) is 101 Å². The molecule has 1 heterocycles. The molecule has 4 atom stereocenters. The van der Waals surface area contributed by atoms with Gasteiger partial charge in [0.1, 0.15) is 29.1 Å². The average molecular weight is 548 g/mol. The fourth-order valence-corrected chi connectivity index (χ4v) is 4.04. The monoisotopic (exact) mass is 547 g/mol. The summed E-state index contributed by atoms with van der Waals surface area (Å²) < 4.78 is 29.3. The predicted molar refractivity (Wildman–Crippen MR) is 148 cm³/mol. The summed E-state index contributed by atoms with van der Waals surface area (Å²) in [7, 11) is 0. The van der Waals surface area contributed by atoms with Crippen molar-refractivity contribution in [2.45, 2.75) is 117 Å². The van der Waals surface area contributed by atoms with Crippen LogP contribution in [0.5, 0.6) is 5.75 Å². The number of amides is 2. The minimum atomic E-state index is -1.23. The van der Waals surface area contributed by atoms with E-state index in [9.17, 15) is 14.4 Å². The van der Waals surface area contributed by atoms with Crippen molar-refractivity contribution >= 4 is 18.2 Å². The molecule has 2 amide bonds. The van der Waals surface area contributed by atoms with Gasteiger partial charge in [-0.15, -0.1) is 0 Å². The van der Waals surface area contributed by atoms with E-state index in [4.69, 9.17) is 23.7 Å². The lowest BCUT2D eigenvalue weighted by molar-refractivity contribution is -0.165. The molecule has 0 N–H and O–H groups in total. The summed E-state index contributed by atoms with van der Waals surface area (Å²) in [5, 5.41) is 0. The van der Waals surface area contributed by atoms with Gasteiger partial charge in [0.25, 0.3) is 0 Å². The molecular formula is C30H45NO8. The first-order valence-corrected chi connectivity index (χ1v) is 13.5. The van der Waals surface area contributed by atoms with E-state index in [1.54, 1.807) is 48.5 Å². The first kappa shape index (κ1) is 32.1. The van der Waals surface area contributed by atoms with Gasteiger partial charge in [0.15, 0.2) is 6.10 Å². The third-order valence-electron chi connectivity index (χ3n) is 5.67. The molecule has 39 heavy (non-hydrogen) atoms. The van der Waals surface area contributed by atoms with Gasteiger partial charge in [0.2, 0.25) is 0 Å². The number of para-hydroxylation sites is 1. The van der Waals surface area contributed by atoms with E-state index < -0.39 is 47.6 Å². The first-order valence-electron chi connectivity index (χ1n) is 13.5. The molecule has 1 aliphatic heterocycles. The minimum absolute atomic E-state index is 0.182. The van der Waals surface area contributed by atoms with Gasteiger partial charge < -0.3 is 23.7 Å². The molecule has 0 spiro atoms. The standard InChI is InChI=1S/C30H45NO8/c1-20(2)19-35-24-18-14-13-17-23(26(32)36-21(3)25(24)37-22-15-11-10-12-16-22)31(27(33)38-29(4,5)6)28(34)39-30(7,8)9/h10-12,15-16,21,23-25H,1,13-14,17-19H2,2-9H3/t21-,23-,24-,25-/m0/s1. The molecule has 1 aliphatic rings. The van der Waals surface area contributed by atoms with Crippen LogP contribution < -0.4 is 4.74 Å². The van der Waals surface area contributed by atoms with Crippen LogP contribution in [0.1, 0.15) is 81.1 Å². The molecule has 1 fully saturated rings. The SMILES string of the molecule is C=C(C)CO[C@H]1CCCC[C@H](N(C(=O)OC(C)(C)C)C(=O)OC(C)(C)C)C(=O)O[C@@H](C)[C@@H]1Oc1ccccc1. The van der Waals surface area contributed by atoms with Gasteiger partial charge in [-0.1, -0.05) is 43.2 Å². The third kappa shape index (κ3) is 10.9. The Morgan fingerprint density at radius 1 is 0.974 bits per heavy atom. The van der Waals surface area contributed by atoms with Gasteiger partial charge in [-0.3, -0.25) is 0 Å². The molecule has 9 nitrogen and oxygen atoms in total. The lowest BCUT2D eigenvalue weighted by Gasteiger charge is -2.36. The van der Waals surface area contributed by atoms with E-state index in [1.807, 2.05) is 37.3 Å². The number of rotatable bonds is 6.